The Balaban J connectivity index is 2.56. The zero-order chi connectivity index (χ0) is 15.1. The Kier molecular flexibility index (Phi) is 3.92. The highest BCUT2D eigenvalue weighted by atomic mass is 19.3. The lowest BCUT2D eigenvalue weighted by molar-refractivity contribution is -0.163. The second kappa shape index (κ2) is 5.21. The molecule has 1 saturated heterocycles. The van der Waals surface area contributed by atoms with E-state index in [1.807, 2.05) is 0 Å². The molecule has 0 amide bonds. The second-order valence-electron chi connectivity index (χ2n) is 4.22. The van der Waals surface area contributed by atoms with E-state index in [9.17, 15) is 30.7 Å². The Bertz CT molecular complexity index is 497. The average Bonchev–Trinajstić information content (AvgIpc) is 2.44. The van der Waals surface area contributed by atoms with E-state index in [2.05, 4.69) is 5.32 Å². The highest BCUT2D eigenvalue weighted by Gasteiger charge is 2.47. The van der Waals surface area contributed by atoms with E-state index >= 15 is 0 Å². The minimum atomic E-state index is -4.29. The van der Waals surface area contributed by atoms with E-state index in [0.717, 1.165) is 0 Å². The SMILES string of the molecule is Fc1c(F)c(F)c(C(F)(F)N2CCNCC2)c(F)c1F. The first kappa shape index (κ1) is 15.0. The molecule has 1 aromatic carbocycles. The monoisotopic (exact) mass is 302 g/mol. The first-order valence-electron chi connectivity index (χ1n) is 5.64. The quantitative estimate of drug-likeness (QED) is 0.390. The number of hydrogen-bond acceptors (Lipinski definition) is 2. The molecule has 1 aromatic rings. The lowest BCUT2D eigenvalue weighted by Crippen LogP contribution is -2.51. The van der Waals surface area contributed by atoms with Gasteiger partial charge in [0, 0.05) is 26.2 Å². The van der Waals surface area contributed by atoms with Crippen LogP contribution in [0.25, 0.3) is 0 Å². The largest absolute Gasteiger partial charge is 0.337 e. The van der Waals surface area contributed by atoms with E-state index in [1.165, 1.54) is 0 Å². The Morgan fingerprint density at radius 1 is 0.750 bits per heavy atom. The highest BCUT2D eigenvalue weighted by Crippen LogP contribution is 2.38. The third-order valence-electron chi connectivity index (χ3n) is 3.02. The smallest absolute Gasteiger partial charge is 0.314 e. The second-order valence-corrected chi connectivity index (χ2v) is 4.22. The third kappa shape index (κ3) is 2.24. The Hall–Kier alpha value is -1.35. The summed E-state index contributed by atoms with van der Waals surface area (Å²) in [7, 11) is 0. The number of benzene rings is 1. The molecule has 0 saturated carbocycles. The average molecular weight is 302 g/mol. The van der Waals surface area contributed by atoms with Crippen molar-refractivity contribution < 1.29 is 30.7 Å². The summed E-state index contributed by atoms with van der Waals surface area (Å²) in [5, 5.41) is 2.73. The van der Waals surface area contributed by atoms with Crippen LogP contribution in [-0.4, -0.2) is 31.1 Å². The van der Waals surface area contributed by atoms with Crippen LogP contribution in [-0.2, 0) is 6.05 Å². The molecule has 2 rings (SSSR count). The molecule has 0 atom stereocenters. The van der Waals surface area contributed by atoms with Gasteiger partial charge in [-0.25, -0.2) is 26.9 Å². The van der Waals surface area contributed by atoms with E-state index in [-0.39, 0.29) is 26.2 Å². The molecule has 112 valence electrons. The highest BCUT2D eigenvalue weighted by molar-refractivity contribution is 5.27. The minimum Gasteiger partial charge on any atom is -0.314 e. The van der Waals surface area contributed by atoms with Crippen molar-refractivity contribution in [2.24, 2.45) is 0 Å². The van der Waals surface area contributed by atoms with Gasteiger partial charge in [-0.05, 0) is 0 Å². The van der Waals surface area contributed by atoms with Crippen LogP contribution in [0.1, 0.15) is 5.56 Å². The first-order chi connectivity index (χ1) is 9.28. The molecule has 0 unspecified atom stereocenters. The van der Waals surface area contributed by atoms with E-state index in [0.29, 0.717) is 4.90 Å². The molecule has 1 aliphatic heterocycles. The van der Waals surface area contributed by atoms with Crippen molar-refractivity contribution in [3.8, 4) is 0 Å². The number of alkyl halides is 2. The van der Waals surface area contributed by atoms with E-state index in [4.69, 9.17) is 0 Å². The molecule has 0 aromatic heterocycles. The summed E-state index contributed by atoms with van der Waals surface area (Å²) in [4.78, 5) is 0.363. The van der Waals surface area contributed by atoms with Gasteiger partial charge in [0.1, 0.15) is 5.56 Å². The number of nitrogens with one attached hydrogen (secondary N) is 1. The van der Waals surface area contributed by atoms with Crippen LogP contribution in [0.3, 0.4) is 0 Å². The Morgan fingerprint density at radius 3 is 1.60 bits per heavy atom. The Labute approximate surface area is 109 Å². The van der Waals surface area contributed by atoms with Gasteiger partial charge in [-0.2, -0.15) is 8.78 Å². The zero-order valence-corrected chi connectivity index (χ0v) is 9.92. The molecule has 2 nitrogen and oxygen atoms in total. The van der Waals surface area contributed by atoms with Gasteiger partial charge in [0.25, 0.3) is 0 Å². The van der Waals surface area contributed by atoms with Crippen LogP contribution in [0.5, 0.6) is 0 Å². The first-order valence-corrected chi connectivity index (χ1v) is 5.64. The van der Waals surface area contributed by atoms with Crippen molar-refractivity contribution >= 4 is 0 Å². The number of rotatable bonds is 2. The molecule has 1 fully saturated rings. The number of piperazine rings is 1. The maximum absolute atomic E-state index is 14.0. The fourth-order valence-electron chi connectivity index (χ4n) is 1.97. The summed E-state index contributed by atoms with van der Waals surface area (Å²) >= 11 is 0. The van der Waals surface area contributed by atoms with Crippen molar-refractivity contribution in [3.05, 3.63) is 34.6 Å². The van der Waals surface area contributed by atoms with Gasteiger partial charge in [-0.15, -0.1) is 0 Å². The molecular formula is C11H9F7N2. The molecular weight excluding hydrogens is 293 g/mol. The zero-order valence-electron chi connectivity index (χ0n) is 9.92. The van der Waals surface area contributed by atoms with Crippen LogP contribution >= 0.6 is 0 Å². The van der Waals surface area contributed by atoms with Crippen LogP contribution < -0.4 is 5.32 Å². The lowest BCUT2D eigenvalue weighted by Gasteiger charge is -2.34. The normalized spacial score (nSPS) is 17.6. The Morgan fingerprint density at radius 2 is 1.15 bits per heavy atom. The maximum atomic E-state index is 14.0. The fraction of sp³-hybridized carbons (Fsp3) is 0.455. The van der Waals surface area contributed by atoms with Gasteiger partial charge in [0.2, 0.25) is 5.82 Å². The summed E-state index contributed by atoms with van der Waals surface area (Å²) in [6.45, 7) is -0.338. The molecule has 0 spiro atoms. The molecule has 1 heterocycles. The van der Waals surface area contributed by atoms with E-state index in [1.54, 1.807) is 0 Å². The molecule has 9 heteroatoms. The van der Waals surface area contributed by atoms with Crippen molar-refractivity contribution in [2.75, 3.05) is 26.2 Å². The number of hydrogen-bond donors (Lipinski definition) is 1. The van der Waals surface area contributed by atoms with Crippen molar-refractivity contribution in [1.82, 2.24) is 10.2 Å². The summed E-state index contributed by atoms with van der Waals surface area (Å²) in [5.74, 6) is -12.2. The molecule has 0 bridgehead atoms. The van der Waals surface area contributed by atoms with Gasteiger partial charge in [-0.1, -0.05) is 0 Å². The number of nitrogens with zero attached hydrogens (tertiary/aromatic N) is 1. The van der Waals surface area contributed by atoms with Crippen LogP contribution in [0.2, 0.25) is 0 Å². The van der Waals surface area contributed by atoms with Crippen LogP contribution in [0, 0.1) is 29.1 Å². The van der Waals surface area contributed by atoms with Gasteiger partial charge >= 0.3 is 6.05 Å². The summed E-state index contributed by atoms with van der Waals surface area (Å²) < 4.78 is 93.6. The molecule has 1 aliphatic rings. The fourth-order valence-corrected chi connectivity index (χ4v) is 1.97. The van der Waals surface area contributed by atoms with Crippen LogP contribution in [0.4, 0.5) is 30.7 Å². The predicted molar refractivity (Wildman–Crippen MR) is 54.6 cm³/mol. The van der Waals surface area contributed by atoms with Crippen molar-refractivity contribution in [1.29, 1.82) is 0 Å². The number of halogens is 7. The van der Waals surface area contributed by atoms with E-state index < -0.39 is 40.7 Å². The summed E-state index contributed by atoms with van der Waals surface area (Å²) in [6, 6.07) is -4.29. The molecule has 0 aliphatic carbocycles. The standard InChI is InChI=1S/C11H9F7N2/c12-6-5(7(13)9(15)10(16)8(6)14)11(17,18)20-3-1-19-2-4-20/h19H,1-4H2. The van der Waals surface area contributed by atoms with Gasteiger partial charge in [0.15, 0.2) is 23.3 Å². The van der Waals surface area contributed by atoms with Crippen molar-refractivity contribution in [3.63, 3.8) is 0 Å². The van der Waals surface area contributed by atoms with Gasteiger partial charge < -0.3 is 5.32 Å². The topological polar surface area (TPSA) is 15.3 Å². The van der Waals surface area contributed by atoms with Crippen LogP contribution in [0.15, 0.2) is 0 Å². The maximum Gasteiger partial charge on any atom is 0.337 e. The lowest BCUT2D eigenvalue weighted by atomic mass is 10.1. The van der Waals surface area contributed by atoms with Crippen molar-refractivity contribution in [2.45, 2.75) is 6.05 Å². The summed E-state index contributed by atoms with van der Waals surface area (Å²) in [5.41, 5.74) is -2.12. The predicted octanol–water partition coefficient (Wildman–Crippen LogP) is 2.34. The molecule has 20 heavy (non-hydrogen) atoms. The summed E-state index contributed by atoms with van der Waals surface area (Å²) in [6.07, 6.45) is 0. The third-order valence-corrected chi connectivity index (χ3v) is 3.02. The molecule has 0 radical (unpaired) electrons. The molecule has 1 N–H and O–H groups in total. The van der Waals surface area contributed by atoms with Gasteiger partial charge in [0.05, 0.1) is 0 Å². The van der Waals surface area contributed by atoms with Gasteiger partial charge in [-0.3, -0.25) is 0 Å². The minimum absolute atomic E-state index is 0.116.